The van der Waals surface area contributed by atoms with Gasteiger partial charge in [0.1, 0.15) is 5.82 Å². The van der Waals surface area contributed by atoms with E-state index in [0.29, 0.717) is 0 Å². The molecule has 0 aliphatic carbocycles. The first-order valence-corrected chi connectivity index (χ1v) is 4.65. The molecule has 1 heterocycles. The standard InChI is InChI=1S/C11H16N2/c1-4-10-7-8-11(12-9-10)13(5-2)6-3/h4,7-9H,1,5-6H2,2-3H3. The minimum atomic E-state index is 0.997. The third-order valence-corrected chi connectivity index (χ3v) is 2.09. The molecule has 0 unspecified atom stereocenters. The van der Waals surface area contributed by atoms with Gasteiger partial charge in [-0.3, -0.25) is 0 Å². The lowest BCUT2D eigenvalue weighted by atomic mass is 10.3. The average molecular weight is 176 g/mol. The highest BCUT2D eigenvalue weighted by Crippen LogP contribution is 2.10. The van der Waals surface area contributed by atoms with Gasteiger partial charge in [0.15, 0.2) is 0 Å². The highest BCUT2D eigenvalue weighted by atomic mass is 15.2. The number of aromatic nitrogens is 1. The lowest BCUT2D eigenvalue weighted by Gasteiger charge is -2.19. The molecule has 0 aromatic carbocycles. The van der Waals surface area contributed by atoms with E-state index in [-0.39, 0.29) is 0 Å². The molecule has 0 fully saturated rings. The molecule has 0 saturated heterocycles. The highest BCUT2D eigenvalue weighted by molar-refractivity contribution is 5.49. The maximum atomic E-state index is 4.35. The quantitative estimate of drug-likeness (QED) is 0.701. The van der Waals surface area contributed by atoms with Crippen LogP contribution in [0, 0.1) is 0 Å². The van der Waals surface area contributed by atoms with Crippen molar-refractivity contribution >= 4 is 11.9 Å². The van der Waals surface area contributed by atoms with Gasteiger partial charge in [0.25, 0.3) is 0 Å². The molecule has 13 heavy (non-hydrogen) atoms. The first-order chi connectivity index (χ1) is 6.31. The van der Waals surface area contributed by atoms with Crippen LogP contribution in [0.3, 0.4) is 0 Å². The number of hydrogen-bond donors (Lipinski definition) is 0. The molecule has 0 saturated carbocycles. The van der Waals surface area contributed by atoms with E-state index in [9.17, 15) is 0 Å². The normalized spacial score (nSPS) is 9.69. The second kappa shape index (κ2) is 4.65. The minimum Gasteiger partial charge on any atom is -0.357 e. The fraction of sp³-hybridized carbons (Fsp3) is 0.364. The molecule has 0 N–H and O–H groups in total. The van der Waals surface area contributed by atoms with Crippen LogP contribution in [0.25, 0.3) is 6.08 Å². The van der Waals surface area contributed by atoms with Crippen LogP contribution >= 0.6 is 0 Å². The van der Waals surface area contributed by atoms with Crippen LogP contribution in [0.2, 0.25) is 0 Å². The van der Waals surface area contributed by atoms with Crippen molar-refractivity contribution in [2.24, 2.45) is 0 Å². The van der Waals surface area contributed by atoms with E-state index in [1.807, 2.05) is 18.3 Å². The molecular weight excluding hydrogens is 160 g/mol. The molecule has 2 heteroatoms. The van der Waals surface area contributed by atoms with E-state index in [1.165, 1.54) is 0 Å². The first kappa shape index (κ1) is 9.78. The molecule has 0 amide bonds. The summed E-state index contributed by atoms with van der Waals surface area (Å²) >= 11 is 0. The number of nitrogens with zero attached hydrogens (tertiary/aromatic N) is 2. The van der Waals surface area contributed by atoms with Gasteiger partial charge in [-0.2, -0.15) is 0 Å². The summed E-state index contributed by atoms with van der Waals surface area (Å²) in [4.78, 5) is 6.56. The van der Waals surface area contributed by atoms with Crippen LogP contribution < -0.4 is 4.90 Å². The Morgan fingerprint density at radius 2 is 2.08 bits per heavy atom. The Labute approximate surface area is 79.9 Å². The fourth-order valence-corrected chi connectivity index (χ4v) is 1.25. The predicted octanol–water partition coefficient (Wildman–Crippen LogP) is 2.57. The van der Waals surface area contributed by atoms with E-state index < -0.39 is 0 Å². The number of hydrogen-bond acceptors (Lipinski definition) is 2. The summed E-state index contributed by atoms with van der Waals surface area (Å²) in [6.07, 6.45) is 3.65. The lowest BCUT2D eigenvalue weighted by molar-refractivity contribution is 0.846. The molecule has 0 bridgehead atoms. The summed E-state index contributed by atoms with van der Waals surface area (Å²) in [5.74, 6) is 1.04. The van der Waals surface area contributed by atoms with Crippen molar-refractivity contribution < 1.29 is 0 Å². The third kappa shape index (κ3) is 2.31. The second-order valence-corrected chi connectivity index (χ2v) is 2.83. The molecular formula is C11H16N2. The van der Waals surface area contributed by atoms with Crippen molar-refractivity contribution in [3.05, 3.63) is 30.5 Å². The Kier molecular flexibility index (Phi) is 3.50. The zero-order valence-corrected chi connectivity index (χ0v) is 8.33. The van der Waals surface area contributed by atoms with Gasteiger partial charge >= 0.3 is 0 Å². The van der Waals surface area contributed by atoms with Crippen LogP contribution in [0.15, 0.2) is 24.9 Å². The number of anilines is 1. The molecule has 0 radical (unpaired) electrons. The van der Waals surface area contributed by atoms with E-state index in [4.69, 9.17) is 0 Å². The molecule has 0 aliphatic rings. The highest BCUT2D eigenvalue weighted by Gasteiger charge is 2.00. The van der Waals surface area contributed by atoms with Gasteiger partial charge in [-0.25, -0.2) is 4.98 Å². The van der Waals surface area contributed by atoms with Crippen molar-refractivity contribution in [1.29, 1.82) is 0 Å². The van der Waals surface area contributed by atoms with E-state index in [2.05, 4.69) is 30.3 Å². The van der Waals surface area contributed by atoms with Gasteiger partial charge in [-0.15, -0.1) is 0 Å². The first-order valence-electron chi connectivity index (χ1n) is 4.65. The summed E-state index contributed by atoms with van der Waals surface area (Å²) in [5, 5.41) is 0. The Morgan fingerprint density at radius 3 is 2.46 bits per heavy atom. The zero-order valence-electron chi connectivity index (χ0n) is 8.33. The van der Waals surface area contributed by atoms with Gasteiger partial charge in [0.2, 0.25) is 0 Å². The predicted molar refractivity (Wildman–Crippen MR) is 57.9 cm³/mol. The maximum absolute atomic E-state index is 4.35. The lowest BCUT2D eigenvalue weighted by Crippen LogP contribution is -2.22. The largest absolute Gasteiger partial charge is 0.357 e. The smallest absolute Gasteiger partial charge is 0.128 e. The van der Waals surface area contributed by atoms with Crippen molar-refractivity contribution in [3.63, 3.8) is 0 Å². The monoisotopic (exact) mass is 176 g/mol. The number of rotatable bonds is 4. The topological polar surface area (TPSA) is 16.1 Å². The SMILES string of the molecule is C=Cc1ccc(N(CC)CC)nc1. The van der Waals surface area contributed by atoms with Gasteiger partial charge in [-0.05, 0) is 31.5 Å². The summed E-state index contributed by atoms with van der Waals surface area (Å²) in [6, 6.07) is 4.07. The van der Waals surface area contributed by atoms with Gasteiger partial charge in [-0.1, -0.05) is 12.7 Å². The summed E-state index contributed by atoms with van der Waals surface area (Å²) in [7, 11) is 0. The second-order valence-electron chi connectivity index (χ2n) is 2.83. The molecule has 1 rings (SSSR count). The summed E-state index contributed by atoms with van der Waals surface area (Å²) in [6.45, 7) is 9.95. The van der Waals surface area contributed by atoms with Crippen molar-refractivity contribution in [3.8, 4) is 0 Å². The molecule has 0 atom stereocenters. The van der Waals surface area contributed by atoms with Crippen molar-refractivity contribution in [2.45, 2.75) is 13.8 Å². The molecule has 1 aromatic rings. The van der Waals surface area contributed by atoms with E-state index >= 15 is 0 Å². The maximum Gasteiger partial charge on any atom is 0.128 e. The van der Waals surface area contributed by atoms with Gasteiger partial charge < -0.3 is 4.90 Å². The molecule has 70 valence electrons. The van der Waals surface area contributed by atoms with Crippen LogP contribution in [0.1, 0.15) is 19.4 Å². The van der Waals surface area contributed by atoms with Crippen LogP contribution in [-0.4, -0.2) is 18.1 Å². The van der Waals surface area contributed by atoms with Crippen LogP contribution in [0.4, 0.5) is 5.82 Å². The third-order valence-electron chi connectivity index (χ3n) is 2.09. The van der Waals surface area contributed by atoms with Gasteiger partial charge in [0.05, 0.1) is 0 Å². The molecule has 2 nitrogen and oxygen atoms in total. The number of pyridine rings is 1. The Bertz CT molecular complexity index is 260. The van der Waals surface area contributed by atoms with Crippen LogP contribution in [0.5, 0.6) is 0 Å². The van der Waals surface area contributed by atoms with Crippen molar-refractivity contribution in [2.75, 3.05) is 18.0 Å². The van der Waals surface area contributed by atoms with Crippen molar-refractivity contribution in [1.82, 2.24) is 4.98 Å². The summed E-state index contributed by atoms with van der Waals surface area (Å²) < 4.78 is 0. The van der Waals surface area contributed by atoms with E-state index in [1.54, 1.807) is 6.08 Å². The average Bonchev–Trinajstić information content (AvgIpc) is 2.21. The minimum absolute atomic E-state index is 0.997. The molecule has 1 aromatic heterocycles. The Balaban J connectivity index is 2.83. The zero-order chi connectivity index (χ0) is 9.68. The Hall–Kier alpha value is -1.31. The van der Waals surface area contributed by atoms with Gasteiger partial charge in [0, 0.05) is 19.3 Å². The Morgan fingerprint density at radius 1 is 1.38 bits per heavy atom. The van der Waals surface area contributed by atoms with Crippen LogP contribution in [-0.2, 0) is 0 Å². The fourth-order valence-electron chi connectivity index (χ4n) is 1.25. The molecule has 0 aliphatic heterocycles. The summed E-state index contributed by atoms with van der Waals surface area (Å²) in [5.41, 5.74) is 1.07. The molecule has 0 spiro atoms. The van der Waals surface area contributed by atoms with E-state index in [0.717, 1.165) is 24.5 Å².